The summed E-state index contributed by atoms with van der Waals surface area (Å²) in [6, 6.07) is 9.66. The van der Waals surface area contributed by atoms with Gasteiger partial charge in [-0.25, -0.2) is 9.78 Å². The van der Waals surface area contributed by atoms with Crippen LogP contribution in [0.1, 0.15) is 34.3 Å². The number of anilines is 2. The van der Waals surface area contributed by atoms with E-state index in [4.69, 9.17) is 5.26 Å². The molecule has 4 amide bonds. The third-order valence-corrected chi connectivity index (χ3v) is 4.97. The van der Waals surface area contributed by atoms with Crippen LogP contribution < -0.4 is 21.3 Å². The Morgan fingerprint density at radius 3 is 2.66 bits per heavy atom. The molecule has 0 unspecified atom stereocenters. The molecule has 11 nitrogen and oxygen atoms in total. The topological polar surface area (TPSA) is 153 Å². The number of aromatic nitrogens is 3. The van der Waals surface area contributed by atoms with Crippen LogP contribution in [0.25, 0.3) is 11.7 Å². The molecule has 1 saturated carbocycles. The highest BCUT2D eigenvalue weighted by Crippen LogP contribution is 2.27. The number of carbonyl (C=O) groups is 3. The van der Waals surface area contributed by atoms with E-state index in [-0.39, 0.29) is 17.4 Å². The molecule has 2 aliphatic rings. The monoisotopic (exact) mass is 428 g/mol. The lowest BCUT2D eigenvalue weighted by Crippen LogP contribution is -2.22. The van der Waals surface area contributed by atoms with Crippen molar-refractivity contribution in [3.8, 4) is 6.07 Å². The van der Waals surface area contributed by atoms with Gasteiger partial charge in [-0.1, -0.05) is 0 Å². The molecular formula is C21H16N8O3. The van der Waals surface area contributed by atoms with Crippen LogP contribution in [-0.2, 0) is 4.79 Å². The molecule has 3 aromatic rings. The number of amides is 4. The summed E-state index contributed by atoms with van der Waals surface area (Å²) in [5.74, 6) is -0.00576. The number of nitriles is 1. The van der Waals surface area contributed by atoms with Crippen molar-refractivity contribution in [2.45, 2.75) is 18.9 Å². The summed E-state index contributed by atoms with van der Waals surface area (Å²) < 4.78 is 1.58. The predicted molar refractivity (Wildman–Crippen MR) is 113 cm³/mol. The number of carbonyl (C=O) groups excluding carboxylic acids is 3. The van der Waals surface area contributed by atoms with E-state index in [0.29, 0.717) is 34.2 Å². The number of benzene rings is 1. The molecule has 158 valence electrons. The second-order valence-electron chi connectivity index (χ2n) is 7.39. The Bertz CT molecular complexity index is 1350. The number of imide groups is 1. The molecule has 1 aromatic carbocycles. The summed E-state index contributed by atoms with van der Waals surface area (Å²) in [4.78, 5) is 40.5. The minimum absolute atomic E-state index is 0.0791. The number of fused-ring (bicyclic) bond motifs is 1. The number of hydrogen-bond donors (Lipinski definition) is 4. The Morgan fingerprint density at radius 1 is 1.22 bits per heavy atom. The molecule has 4 N–H and O–H groups in total. The normalized spacial score (nSPS) is 16.5. The first kappa shape index (κ1) is 19.3. The lowest BCUT2D eigenvalue weighted by molar-refractivity contribution is -0.115. The molecule has 5 rings (SSSR count). The van der Waals surface area contributed by atoms with Crippen molar-refractivity contribution in [3.05, 3.63) is 58.9 Å². The molecule has 0 radical (unpaired) electrons. The molecule has 0 atom stereocenters. The average Bonchev–Trinajstić information content (AvgIpc) is 3.42. The largest absolute Gasteiger partial charge is 0.367 e. The zero-order chi connectivity index (χ0) is 22.2. The Balaban J connectivity index is 1.51. The first-order chi connectivity index (χ1) is 15.5. The molecule has 11 heteroatoms. The van der Waals surface area contributed by atoms with Crippen LogP contribution in [0.3, 0.4) is 0 Å². The Morgan fingerprint density at radius 2 is 2.00 bits per heavy atom. The van der Waals surface area contributed by atoms with Crippen molar-refractivity contribution in [1.29, 1.82) is 5.26 Å². The van der Waals surface area contributed by atoms with E-state index in [1.165, 1.54) is 12.3 Å². The number of rotatable bonds is 5. The van der Waals surface area contributed by atoms with Gasteiger partial charge in [0.05, 0.1) is 17.8 Å². The minimum Gasteiger partial charge on any atom is -0.367 e. The van der Waals surface area contributed by atoms with Gasteiger partial charge in [0.25, 0.3) is 11.8 Å². The summed E-state index contributed by atoms with van der Waals surface area (Å²) in [5, 5.41) is 24.0. The Kier molecular flexibility index (Phi) is 4.52. The van der Waals surface area contributed by atoms with Gasteiger partial charge in [-0.15, -0.1) is 0 Å². The third kappa shape index (κ3) is 3.72. The first-order valence-electron chi connectivity index (χ1n) is 9.81. The van der Waals surface area contributed by atoms with Gasteiger partial charge < -0.3 is 16.0 Å². The van der Waals surface area contributed by atoms with Gasteiger partial charge in [0.1, 0.15) is 17.3 Å². The third-order valence-electron chi connectivity index (χ3n) is 4.97. The number of nitrogens with one attached hydrogen (secondary N) is 4. The molecule has 1 aliphatic carbocycles. The molecule has 0 bridgehead atoms. The maximum absolute atomic E-state index is 12.7. The fourth-order valence-corrected chi connectivity index (χ4v) is 3.21. The summed E-state index contributed by atoms with van der Waals surface area (Å²) in [6.07, 6.45) is 5.06. The van der Waals surface area contributed by atoms with Crippen molar-refractivity contribution in [3.63, 3.8) is 0 Å². The smallest absolute Gasteiger partial charge is 0.326 e. The highest BCUT2D eigenvalue weighted by molar-refractivity contribution is 6.14. The number of hydrogen-bond acceptors (Lipinski definition) is 7. The molecule has 1 saturated heterocycles. The van der Waals surface area contributed by atoms with Gasteiger partial charge in [-0.2, -0.15) is 14.9 Å². The van der Waals surface area contributed by atoms with E-state index in [0.717, 1.165) is 12.8 Å². The maximum Gasteiger partial charge on any atom is 0.326 e. The lowest BCUT2D eigenvalue weighted by Gasteiger charge is -2.11. The zero-order valence-corrected chi connectivity index (χ0v) is 16.5. The highest BCUT2D eigenvalue weighted by atomic mass is 16.2. The van der Waals surface area contributed by atoms with Crippen molar-refractivity contribution in [1.82, 2.24) is 25.2 Å². The minimum atomic E-state index is -0.600. The molecule has 3 heterocycles. The van der Waals surface area contributed by atoms with E-state index in [9.17, 15) is 14.4 Å². The highest BCUT2D eigenvalue weighted by Gasteiger charge is 2.25. The Labute approximate surface area is 181 Å². The maximum atomic E-state index is 12.7. The second-order valence-corrected chi connectivity index (χ2v) is 7.39. The van der Waals surface area contributed by atoms with Crippen LogP contribution in [0.15, 0.2) is 42.2 Å². The average molecular weight is 428 g/mol. The molecule has 2 fully saturated rings. The molecule has 32 heavy (non-hydrogen) atoms. The fraction of sp³-hybridized carbons (Fsp3) is 0.143. The van der Waals surface area contributed by atoms with Crippen LogP contribution in [0.4, 0.5) is 16.4 Å². The van der Waals surface area contributed by atoms with Gasteiger partial charge in [0, 0.05) is 23.2 Å². The number of urea groups is 1. The second kappa shape index (κ2) is 7.51. The van der Waals surface area contributed by atoms with Gasteiger partial charge in [-0.3, -0.25) is 14.9 Å². The summed E-state index contributed by atoms with van der Waals surface area (Å²) in [7, 11) is 0. The molecule has 2 aromatic heterocycles. The van der Waals surface area contributed by atoms with Gasteiger partial charge in [-0.05, 0) is 43.2 Å². The van der Waals surface area contributed by atoms with Crippen molar-refractivity contribution in [2.75, 3.05) is 10.6 Å². The first-order valence-corrected chi connectivity index (χ1v) is 9.81. The lowest BCUT2D eigenvalue weighted by atomic mass is 10.1. The predicted octanol–water partition coefficient (Wildman–Crippen LogP) is 1.61. The zero-order valence-electron chi connectivity index (χ0n) is 16.5. The molecule has 1 aliphatic heterocycles. The van der Waals surface area contributed by atoms with Crippen molar-refractivity contribution in [2.24, 2.45) is 0 Å². The van der Waals surface area contributed by atoms with E-state index in [1.54, 1.807) is 34.8 Å². The van der Waals surface area contributed by atoms with E-state index >= 15 is 0 Å². The van der Waals surface area contributed by atoms with E-state index in [1.807, 2.05) is 6.07 Å². The van der Waals surface area contributed by atoms with Gasteiger partial charge >= 0.3 is 6.03 Å². The SMILES string of the molecule is N#Cc1ccc(C(=O)Nc2cc(NC3CC3)n3ncc(C=C4NC(=O)NC4=O)c3n2)cc1. The van der Waals surface area contributed by atoms with Crippen molar-refractivity contribution < 1.29 is 14.4 Å². The van der Waals surface area contributed by atoms with Gasteiger partial charge in [0.15, 0.2) is 5.65 Å². The summed E-state index contributed by atoms with van der Waals surface area (Å²) in [6.45, 7) is 0. The summed E-state index contributed by atoms with van der Waals surface area (Å²) >= 11 is 0. The van der Waals surface area contributed by atoms with Crippen LogP contribution in [-0.4, -0.2) is 38.5 Å². The Hall–Kier alpha value is -4.72. The fourth-order valence-electron chi connectivity index (χ4n) is 3.21. The van der Waals surface area contributed by atoms with E-state index < -0.39 is 11.9 Å². The quantitative estimate of drug-likeness (QED) is 0.356. The van der Waals surface area contributed by atoms with Crippen LogP contribution >= 0.6 is 0 Å². The van der Waals surface area contributed by atoms with Crippen LogP contribution in [0, 0.1) is 11.3 Å². The van der Waals surface area contributed by atoms with Gasteiger partial charge in [0.2, 0.25) is 0 Å². The van der Waals surface area contributed by atoms with Crippen molar-refractivity contribution >= 4 is 41.2 Å². The number of nitrogens with zero attached hydrogens (tertiary/aromatic N) is 4. The van der Waals surface area contributed by atoms with E-state index in [2.05, 4.69) is 31.3 Å². The molecule has 0 spiro atoms. The standard InChI is InChI=1S/C21H16N8O3/c22-9-11-1-3-12(4-2-11)19(30)27-16-8-17(24-14-5-6-14)29-18(26-16)13(10-23-29)7-15-20(31)28-21(32)25-15/h1-4,7-8,10,14,24H,5-6H2,(H,26,27,30)(H2,25,28,31,32). The molecular weight excluding hydrogens is 412 g/mol. The van der Waals surface area contributed by atoms with Crippen LogP contribution in [0.5, 0.6) is 0 Å². The summed E-state index contributed by atoms with van der Waals surface area (Å²) in [5.41, 5.74) is 1.80. The van der Waals surface area contributed by atoms with Crippen LogP contribution in [0.2, 0.25) is 0 Å².